The van der Waals surface area contributed by atoms with Gasteiger partial charge in [-0.1, -0.05) is 18.2 Å². The number of aryl methyl sites for hydroxylation is 3. The molecule has 1 saturated heterocycles. The fourth-order valence-electron chi connectivity index (χ4n) is 3.78. The van der Waals surface area contributed by atoms with Gasteiger partial charge in [-0.25, -0.2) is 0 Å². The van der Waals surface area contributed by atoms with Gasteiger partial charge in [0.1, 0.15) is 5.58 Å². The molecule has 1 aliphatic rings. The lowest BCUT2D eigenvalue weighted by atomic mass is 10.0. The van der Waals surface area contributed by atoms with Gasteiger partial charge >= 0.3 is 0 Å². The zero-order valence-corrected chi connectivity index (χ0v) is 17.4. The fraction of sp³-hybridized carbons (Fsp3) is 0.409. The van der Waals surface area contributed by atoms with Crippen LogP contribution in [-0.4, -0.2) is 43.7 Å². The molecule has 1 atom stereocenters. The first-order valence-corrected chi connectivity index (χ1v) is 10.6. The van der Waals surface area contributed by atoms with Gasteiger partial charge in [-0.3, -0.25) is 9.69 Å². The summed E-state index contributed by atoms with van der Waals surface area (Å²) in [4.78, 5) is 16.6. The van der Waals surface area contributed by atoms with Gasteiger partial charge in [0.2, 0.25) is 0 Å². The van der Waals surface area contributed by atoms with E-state index in [0.29, 0.717) is 12.3 Å². The molecule has 6 heteroatoms. The minimum absolute atomic E-state index is 0.152. The van der Waals surface area contributed by atoms with Crippen molar-refractivity contribution in [2.75, 3.05) is 32.8 Å². The Morgan fingerprint density at radius 2 is 1.96 bits per heavy atom. The van der Waals surface area contributed by atoms with Crippen molar-refractivity contribution < 1.29 is 13.9 Å². The number of furan rings is 1. The smallest absolute Gasteiger partial charge is 0.287 e. The van der Waals surface area contributed by atoms with Crippen LogP contribution in [0.3, 0.4) is 0 Å². The van der Waals surface area contributed by atoms with Crippen LogP contribution in [0.2, 0.25) is 0 Å². The number of ether oxygens (including phenoxy) is 1. The van der Waals surface area contributed by atoms with E-state index in [4.69, 9.17) is 9.15 Å². The molecule has 0 unspecified atom stereocenters. The Labute approximate surface area is 169 Å². The van der Waals surface area contributed by atoms with E-state index in [1.165, 1.54) is 10.4 Å². The summed E-state index contributed by atoms with van der Waals surface area (Å²) < 4.78 is 11.5. The van der Waals surface area contributed by atoms with Crippen molar-refractivity contribution in [3.05, 3.63) is 57.0 Å². The molecule has 5 nitrogen and oxygen atoms in total. The van der Waals surface area contributed by atoms with E-state index >= 15 is 0 Å². The minimum atomic E-state index is -0.152. The number of benzene rings is 1. The quantitative estimate of drug-likeness (QED) is 0.699. The summed E-state index contributed by atoms with van der Waals surface area (Å²) in [5.41, 5.74) is 3.96. The summed E-state index contributed by atoms with van der Waals surface area (Å²) in [6.45, 7) is 9.81. The van der Waals surface area contributed by atoms with Gasteiger partial charge in [-0.2, -0.15) is 0 Å². The predicted octanol–water partition coefficient (Wildman–Crippen LogP) is 4.22. The maximum absolute atomic E-state index is 12.9. The molecule has 0 aliphatic carbocycles. The number of carbonyl (C=O) groups excluding carboxylic acids is 1. The van der Waals surface area contributed by atoms with Gasteiger partial charge in [0, 0.05) is 35.5 Å². The number of morpholine rings is 1. The van der Waals surface area contributed by atoms with E-state index in [1.807, 2.05) is 19.9 Å². The second-order valence-electron chi connectivity index (χ2n) is 7.33. The minimum Gasteiger partial charge on any atom is -0.450 e. The van der Waals surface area contributed by atoms with Gasteiger partial charge < -0.3 is 14.5 Å². The average molecular weight is 399 g/mol. The third kappa shape index (κ3) is 3.60. The molecule has 148 valence electrons. The summed E-state index contributed by atoms with van der Waals surface area (Å²) >= 11 is 1.73. The summed E-state index contributed by atoms with van der Waals surface area (Å²) in [5, 5.41) is 6.20. The van der Waals surface area contributed by atoms with Crippen LogP contribution in [0.1, 0.15) is 38.2 Å². The second kappa shape index (κ2) is 8.07. The van der Waals surface area contributed by atoms with Crippen molar-refractivity contribution >= 4 is 28.2 Å². The van der Waals surface area contributed by atoms with Crippen LogP contribution in [0.4, 0.5) is 0 Å². The van der Waals surface area contributed by atoms with Crippen molar-refractivity contribution in [1.29, 1.82) is 0 Å². The number of amides is 1. The summed E-state index contributed by atoms with van der Waals surface area (Å²) in [7, 11) is 0. The molecule has 3 aromatic rings. The van der Waals surface area contributed by atoms with E-state index in [2.05, 4.69) is 40.7 Å². The molecule has 28 heavy (non-hydrogen) atoms. The molecule has 1 fully saturated rings. The molecule has 1 aliphatic heterocycles. The van der Waals surface area contributed by atoms with E-state index < -0.39 is 0 Å². The van der Waals surface area contributed by atoms with E-state index in [1.54, 1.807) is 11.3 Å². The number of hydrogen-bond acceptors (Lipinski definition) is 5. The first kappa shape index (κ1) is 19.2. The Morgan fingerprint density at radius 3 is 2.68 bits per heavy atom. The number of hydrogen-bond donors (Lipinski definition) is 1. The third-order valence-electron chi connectivity index (χ3n) is 5.65. The lowest BCUT2D eigenvalue weighted by Gasteiger charge is -2.34. The standard InChI is InChI=1S/C22H26N2O3S/c1-14-6-7-17-16(3)21(27-20(17)15(14)2)22(25)23-13-18(19-5-4-12-28-19)24-8-10-26-11-9-24/h4-7,12,18H,8-11,13H2,1-3H3,(H,23,25)/t18-/m0/s1. The zero-order chi connectivity index (χ0) is 19.7. The largest absolute Gasteiger partial charge is 0.450 e. The normalized spacial score (nSPS) is 16.4. The Morgan fingerprint density at radius 1 is 1.18 bits per heavy atom. The zero-order valence-electron chi connectivity index (χ0n) is 16.6. The topological polar surface area (TPSA) is 54.7 Å². The van der Waals surface area contributed by atoms with E-state index in [-0.39, 0.29) is 11.9 Å². The highest BCUT2D eigenvalue weighted by Crippen LogP contribution is 2.30. The van der Waals surface area contributed by atoms with Gasteiger partial charge in [0.15, 0.2) is 5.76 Å². The predicted molar refractivity (Wildman–Crippen MR) is 112 cm³/mol. The highest BCUT2D eigenvalue weighted by molar-refractivity contribution is 7.10. The van der Waals surface area contributed by atoms with Crippen LogP contribution in [-0.2, 0) is 4.74 Å². The molecule has 1 amide bonds. The maximum atomic E-state index is 12.9. The summed E-state index contributed by atoms with van der Waals surface area (Å²) in [6.07, 6.45) is 0. The molecule has 2 aromatic heterocycles. The van der Waals surface area contributed by atoms with Crippen molar-refractivity contribution in [3.8, 4) is 0 Å². The lowest BCUT2D eigenvalue weighted by Crippen LogP contribution is -2.43. The van der Waals surface area contributed by atoms with E-state index in [0.717, 1.165) is 48.4 Å². The van der Waals surface area contributed by atoms with Gasteiger partial charge in [0.25, 0.3) is 5.91 Å². The molecule has 0 saturated carbocycles. The van der Waals surface area contributed by atoms with Crippen LogP contribution < -0.4 is 5.32 Å². The molecule has 0 spiro atoms. The Kier molecular flexibility index (Phi) is 5.53. The SMILES string of the molecule is Cc1ccc2c(C)c(C(=O)NC[C@@H](c3cccs3)N3CCOCC3)oc2c1C. The van der Waals surface area contributed by atoms with Gasteiger partial charge in [-0.15, -0.1) is 11.3 Å². The molecule has 3 heterocycles. The Bertz CT molecular complexity index is 971. The Hall–Kier alpha value is -2.15. The average Bonchev–Trinajstić information content (AvgIpc) is 3.35. The van der Waals surface area contributed by atoms with Crippen molar-refractivity contribution in [2.24, 2.45) is 0 Å². The molecule has 1 aromatic carbocycles. The van der Waals surface area contributed by atoms with Crippen molar-refractivity contribution in [1.82, 2.24) is 10.2 Å². The fourth-order valence-corrected chi connectivity index (χ4v) is 4.64. The molecular weight excluding hydrogens is 372 g/mol. The maximum Gasteiger partial charge on any atom is 0.287 e. The molecule has 1 N–H and O–H groups in total. The van der Waals surface area contributed by atoms with Crippen LogP contribution in [0.25, 0.3) is 11.0 Å². The van der Waals surface area contributed by atoms with E-state index in [9.17, 15) is 4.79 Å². The lowest BCUT2D eigenvalue weighted by molar-refractivity contribution is 0.0168. The van der Waals surface area contributed by atoms with Crippen LogP contribution in [0.5, 0.6) is 0 Å². The van der Waals surface area contributed by atoms with Crippen LogP contribution >= 0.6 is 11.3 Å². The number of rotatable bonds is 5. The monoisotopic (exact) mass is 398 g/mol. The first-order valence-electron chi connectivity index (χ1n) is 9.69. The third-order valence-corrected chi connectivity index (χ3v) is 6.62. The van der Waals surface area contributed by atoms with Gasteiger partial charge in [0.05, 0.1) is 19.3 Å². The molecule has 0 bridgehead atoms. The van der Waals surface area contributed by atoms with Crippen LogP contribution in [0, 0.1) is 20.8 Å². The number of nitrogens with zero attached hydrogens (tertiary/aromatic N) is 1. The highest BCUT2D eigenvalue weighted by Gasteiger charge is 2.25. The highest BCUT2D eigenvalue weighted by atomic mass is 32.1. The molecule has 4 rings (SSSR count). The Balaban J connectivity index is 1.55. The number of nitrogens with one attached hydrogen (secondary N) is 1. The number of thiophene rings is 1. The second-order valence-corrected chi connectivity index (χ2v) is 8.31. The summed E-state index contributed by atoms with van der Waals surface area (Å²) in [5.74, 6) is 0.260. The first-order chi connectivity index (χ1) is 13.6. The van der Waals surface area contributed by atoms with Gasteiger partial charge in [-0.05, 0) is 43.3 Å². The van der Waals surface area contributed by atoms with Crippen molar-refractivity contribution in [3.63, 3.8) is 0 Å². The summed E-state index contributed by atoms with van der Waals surface area (Å²) in [6, 6.07) is 8.46. The van der Waals surface area contributed by atoms with Crippen LogP contribution in [0.15, 0.2) is 34.1 Å². The molecular formula is C22H26N2O3S. The molecule has 0 radical (unpaired) electrons. The number of carbonyl (C=O) groups is 1. The van der Waals surface area contributed by atoms with Crippen molar-refractivity contribution in [2.45, 2.75) is 26.8 Å². The number of fused-ring (bicyclic) bond motifs is 1.